The van der Waals surface area contributed by atoms with Crippen LogP contribution in [-0.4, -0.2) is 43.7 Å². The number of ether oxygens (including phenoxy) is 1. The largest absolute Gasteiger partial charge is 0.380 e. The van der Waals surface area contributed by atoms with E-state index in [4.69, 9.17) is 10.6 Å². The van der Waals surface area contributed by atoms with E-state index in [0.29, 0.717) is 12.5 Å². The maximum atomic E-state index is 12.1. The summed E-state index contributed by atoms with van der Waals surface area (Å²) in [5, 5.41) is 0. The summed E-state index contributed by atoms with van der Waals surface area (Å²) in [6, 6.07) is 9.79. The molecule has 1 aliphatic heterocycles. The lowest BCUT2D eigenvalue weighted by molar-refractivity contribution is -0.123. The number of likely N-dealkylation sites (tertiary alicyclic amines) is 1. The van der Waals surface area contributed by atoms with Crippen molar-refractivity contribution in [3.8, 4) is 0 Å². The van der Waals surface area contributed by atoms with Crippen molar-refractivity contribution in [3.63, 3.8) is 0 Å². The zero-order valence-corrected chi connectivity index (χ0v) is 12.8. The maximum Gasteiger partial charge on any atom is 0.242 e. The number of hydrogen-bond donors (Lipinski definition) is 2. The smallest absolute Gasteiger partial charge is 0.242 e. The Kier molecular flexibility index (Phi) is 5.73. The van der Waals surface area contributed by atoms with Crippen LogP contribution in [0.4, 0.5) is 0 Å². The fourth-order valence-corrected chi connectivity index (χ4v) is 2.95. The summed E-state index contributed by atoms with van der Waals surface area (Å²) in [4.78, 5) is 14.4. The summed E-state index contributed by atoms with van der Waals surface area (Å²) in [5.41, 5.74) is 3.28. The van der Waals surface area contributed by atoms with Gasteiger partial charge in [-0.15, -0.1) is 0 Å². The highest BCUT2D eigenvalue weighted by atomic mass is 16.5. The van der Waals surface area contributed by atoms with Gasteiger partial charge < -0.3 is 4.74 Å². The number of nitrogens with one attached hydrogen (secondary N) is 1. The molecule has 3 N–H and O–H groups in total. The van der Waals surface area contributed by atoms with Gasteiger partial charge in [0.05, 0.1) is 12.0 Å². The Morgan fingerprint density at radius 1 is 1.48 bits per heavy atom. The van der Waals surface area contributed by atoms with Gasteiger partial charge in [0.2, 0.25) is 5.91 Å². The number of hydrazine groups is 1. The summed E-state index contributed by atoms with van der Waals surface area (Å²) in [5.74, 6) is 5.52. The van der Waals surface area contributed by atoms with Crippen molar-refractivity contribution in [2.24, 2.45) is 11.8 Å². The van der Waals surface area contributed by atoms with Gasteiger partial charge in [-0.2, -0.15) is 0 Å². The van der Waals surface area contributed by atoms with E-state index in [1.165, 1.54) is 0 Å². The molecule has 0 spiro atoms. The molecule has 1 amide bonds. The van der Waals surface area contributed by atoms with Gasteiger partial charge in [-0.3, -0.25) is 15.1 Å². The Morgan fingerprint density at radius 3 is 2.81 bits per heavy atom. The molecule has 1 heterocycles. The molecular formula is C16H25N3O2. The van der Waals surface area contributed by atoms with Crippen LogP contribution in [0.3, 0.4) is 0 Å². The molecule has 0 radical (unpaired) electrons. The van der Waals surface area contributed by atoms with Crippen molar-refractivity contribution >= 4 is 5.91 Å². The van der Waals surface area contributed by atoms with Crippen LogP contribution >= 0.6 is 0 Å². The molecule has 1 aliphatic rings. The van der Waals surface area contributed by atoms with Crippen LogP contribution < -0.4 is 11.3 Å². The van der Waals surface area contributed by atoms with E-state index >= 15 is 0 Å². The number of nitrogens with zero attached hydrogens (tertiary/aromatic N) is 1. The van der Waals surface area contributed by atoms with Crippen LogP contribution in [0.15, 0.2) is 30.3 Å². The lowest BCUT2D eigenvalue weighted by atomic mass is 9.93. The van der Waals surface area contributed by atoms with E-state index in [9.17, 15) is 4.79 Å². The third kappa shape index (κ3) is 4.03. The first kappa shape index (κ1) is 15.9. The van der Waals surface area contributed by atoms with Crippen LogP contribution in [0.5, 0.6) is 0 Å². The molecule has 0 aromatic heterocycles. The van der Waals surface area contributed by atoms with Crippen LogP contribution in [0.1, 0.15) is 24.8 Å². The molecule has 0 bridgehead atoms. The van der Waals surface area contributed by atoms with E-state index in [-0.39, 0.29) is 17.9 Å². The van der Waals surface area contributed by atoms with Gasteiger partial charge in [-0.1, -0.05) is 37.3 Å². The number of hydrogen-bond acceptors (Lipinski definition) is 4. The predicted octanol–water partition coefficient (Wildman–Crippen LogP) is 1.12. The minimum absolute atomic E-state index is 0.145. The van der Waals surface area contributed by atoms with Crippen molar-refractivity contribution in [1.82, 2.24) is 10.3 Å². The third-order valence-electron chi connectivity index (χ3n) is 4.38. The monoisotopic (exact) mass is 291 g/mol. The Morgan fingerprint density at radius 2 is 2.19 bits per heavy atom. The fourth-order valence-electron chi connectivity index (χ4n) is 2.95. The first-order valence-electron chi connectivity index (χ1n) is 7.46. The van der Waals surface area contributed by atoms with Gasteiger partial charge in [0.25, 0.3) is 0 Å². The van der Waals surface area contributed by atoms with Crippen LogP contribution in [0, 0.1) is 5.92 Å². The molecule has 0 saturated carbocycles. The Labute approximate surface area is 126 Å². The molecule has 5 heteroatoms. The average molecular weight is 291 g/mol. The topological polar surface area (TPSA) is 67.6 Å². The van der Waals surface area contributed by atoms with Crippen LogP contribution in [0.2, 0.25) is 0 Å². The standard InChI is InChI=1S/C16H25N3O2/c1-12-8-9-19(11-15(12)21-2)10-14(16(20)18-17)13-6-4-3-5-7-13/h3-7,12,14-15H,8-11,17H2,1-2H3,(H,18,20). The molecule has 3 atom stereocenters. The summed E-state index contributed by atoms with van der Waals surface area (Å²) >= 11 is 0. The van der Waals surface area contributed by atoms with E-state index < -0.39 is 0 Å². The second-order valence-corrected chi connectivity index (χ2v) is 5.77. The minimum atomic E-state index is -0.248. The highest BCUT2D eigenvalue weighted by Gasteiger charge is 2.29. The number of piperidine rings is 1. The molecule has 21 heavy (non-hydrogen) atoms. The molecule has 1 fully saturated rings. The van der Waals surface area contributed by atoms with Crippen molar-refractivity contribution in [2.75, 3.05) is 26.7 Å². The summed E-state index contributed by atoms with van der Waals surface area (Å²) < 4.78 is 5.54. The molecule has 3 unspecified atom stereocenters. The summed E-state index contributed by atoms with van der Waals surface area (Å²) in [6.45, 7) is 4.73. The van der Waals surface area contributed by atoms with Gasteiger partial charge >= 0.3 is 0 Å². The van der Waals surface area contributed by atoms with Gasteiger partial charge in [0.1, 0.15) is 0 Å². The first-order valence-corrected chi connectivity index (χ1v) is 7.46. The van der Waals surface area contributed by atoms with Crippen molar-refractivity contribution < 1.29 is 9.53 Å². The molecular weight excluding hydrogens is 266 g/mol. The van der Waals surface area contributed by atoms with Gasteiger partial charge in [-0.05, 0) is 24.4 Å². The van der Waals surface area contributed by atoms with Crippen LogP contribution in [0.25, 0.3) is 0 Å². The number of carbonyl (C=O) groups is 1. The van der Waals surface area contributed by atoms with Crippen LogP contribution in [-0.2, 0) is 9.53 Å². The average Bonchev–Trinajstić information content (AvgIpc) is 2.54. The normalized spacial score (nSPS) is 24.5. The first-order chi connectivity index (χ1) is 10.2. The molecule has 1 aromatic rings. The van der Waals surface area contributed by atoms with E-state index in [2.05, 4.69) is 17.2 Å². The third-order valence-corrected chi connectivity index (χ3v) is 4.38. The number of rotatable bonds is 5. The lowest BCUT2D eigenvalue weighted by Crippen LogP contribution is -2.47. The van der Waals surface area contributed by atoms with E-state index in [1.807, 2.05) is 30.3 Å². The zero-order chi connectivity index (χ0) is 15.2. The molecule has 2 rings (SSSR count). The number of carbonyl (C=O) groups excluding carboxylic acids is 1. The fraction of sp³-hybridized carbons (Fsp3) is 0.562. The SMILES string of the molecule is COC1CN(CC(C(=O)NN)c2ccccc2)CCC1C. The second kappa shape index (κ2) is 7.54. The number of nitrogens with two attached hydrogens (primary N) is 1. The number of amides is 1. The van der Waals surface area contributed by atoms with Crippen molar-refractivity contribution in [1.29, 1.82) is 0 Å². The van der Waals surface area contributed by atoms with E-state index in [0.717, 1.165) is 25.1 Å². The maximum absolute atomic E-state index is 12.1. The number of methoxy groups -OCH3 is 1. The molecule has 1 saturated heterocycles. The predicted molar refractivity (Wildman–Crippen MR) is 82.5 cm³/mol. The molecule has 0 aliphatic carbocycles. The van der Waals surface area contributed by atoms with Gasteiger partial charge in [-0.25, -0.2) is 5.84 Å². The Hall–Kier alpha value is -1.43. The van der Waals surface area contributed by atoms with Gasteiger partial charge in [0, 0.05) is 20.2 Å². The highest BCUT2D eigenvalue weighted by molar-refractivity contribution is 5.83. The second-order valence-electron chi connectivity index (χ2n) is 5.77. The molecule has 1 aromatic carbocycles. The highest BCUT2D eigenvalue weighted by Crippen LogP contribution is 2.23. The molecule has 116 valence electrons. The van der Waals surface area contributed by atoms with Crippen molar-refractivity contribution in [3.05, 3.63) is 35.9 Å². The van der Waals surface area contributed by atoms with E-state index in [1.54, 1.807) is 7.11 Å². The Balaban J connectivity index is 2.07. The Bertz CT molecular complexity index is 452. The summed E-state index contributed by atoms with van der Waals surface area (Å²) in [6.07, 6.45) is 1.32. The number of benzene rings is 1. The molecule has 5 nitrogen and oxygen atoms in total. The van der Waals surface area contributed by atoms with Crippen molar-refractivity contribution in [2.45, 2.75) is 25.4 Å². The quantitative estimate of drug-likeness (QED) is 0.484. The zero-order valence-electron chi connectivity index (χ0n) is 12.8. The summed E-state index contributed by atoms with van der Waals surface area (Å²) in [7, 11) is 1.76. The minimum Gasteiger partial charge on any atom is -0.380 e. The lowest BCUT2D eigenvalue weighted by Gasteiger charge is -2.37. The van der Waals surface area contributed by atoms with Gasteiger partial charge in [0.15, 0.2) is 0 Å².